The summed E-state index contributed by atoms with van der Waals surface area (Å²) in [6.45, 7) is 2.25. The van der Waals surface area contributed by atoms with Crippen molar-refractivity contribution in [2.24, 2.45) is 0 Å². The van der Waals surface area contributed by atoms with Crippen LogP contribution in [-0.2, 0) is 20.4 Å². The standard InChI is InChI=1S/C11H11.3ClH.Ti/c1-2-9-7-8-10-5-3-4-6-11(9)10;;;;/h3-6,8-9H,2H2,1H3;3*1H;/q;;;;+3/p-3. The third-order valence-corrected chi connectivity index (χ3v) is 3.24. The number of hydrogen-bond donors (Lipinski definition) is 0. The van der Waals surface area contributed by atoms with Crippen molar-refractivity contribution in [3.63, 3.8) is 0 Å². The van der Waals surface area contributed by atoms with Gasteiger partial charge in [0.2, 0.25) is 0 Å². The molecule has 0 heterocycles. The van der Waals surface area contributed by atoms with E-state index in [4.69, 9.17) is 0 Å². The molecule has 0 N–H and O–H groups in total. The minimum Gasteiger partial charge on any atom is -1.00 e. The van der Waals surface area contributed by atoms with Crippen LogP contribution in [0.3, 0.4) is 0 Å². The zero-order valence-corrected chi connectivity index (χ0v) is 12.1. The van der Waals surface area contributed by atoms with Crippen molar-refractivity contribution >= 4 is 6.08 Å². The average molecular weight is 297 g/mol. The molecule has 2 rings (SSSR count). The van der Waals surface area contributed by atoms with Crippen LogP contribution >= 0.6 is 0 Å². The predicted octanol–water partition coefficient (Wildman–Crippen LogP) is -5.91. The molecule has 1 unspecified atom stereocenters. The summed E-state index contributed by atoms with van der Waals surface area (Å²) in [6.07, 6.45) is 3.53. The molecule has 0 aromatic heterocycles. The number of allylic oxidation sites excluding steroid dienone is 1. The summed E-state index contributed by atoms with van der Waals surface area (Å²) in [7, 11) is 0. The zero-order chi connectivity index (χ0) is 8.55. The van der Waals surface area contributed by atoms with E-state index in [9.17, 15) is 0 Å². The Bertz CT molecular complexity index is 336. The second-order valence-electron chi connectivity index (χ2n) is 3.19. The fourth-order valence-corrected chi connectivity index (χ4v) is 2.64. The van der Waals surface area contributed by atoms with Gasteiger partial charge in [-0.1, -0.05) is 0 Å². The van der Waals surface area contributed by atoms with Crippen molar-refractivity contribution in [2.45, 2.75) is 19.3 Å². The largest absolute Gasteiger partial charge is 1.00 e. The molecule has 4 heteroatoms. The summed E-state index contributed by atoms with van der Waals surface area (Å²) >= 11 is 2.23. The Balaban J connectivity index is 0. The average Bonchev–Trinajstić information content (AvgIpc) is 2.40. The van der Waals surface area contributed by atoms with Gasteiger partial charge in [-0.3, -0.25) is 0 Å². The van der Waals surface area contributed by atoms with Crippen LogP contribution in [0.2, 0.25) is 0 Å². The normalized spacial score (nSPS) is 16.5. The Morgan fingerprint density at radius 3 is 2.33 bits per heavy atom. The van der Waals surface area contributed by atoms with E-state index in [0.29, 0.717) is 5.92 Å². The van der Waals surface area contributed by atoms with Crippen LogP contribution in [0.15, 0.2) is 28.1 Å². The third kappa shape index (κ3) is 3.51. The van der Waals surface area contributed by atoms with Crippen molar-refractivity contribution in [2.75, 3.05) is 0 Å². The predicted molar refractivity (Wildman–Crippen MR) is 47.5 cm³/mol. The van der Waals surface area contributed by atoms with Gasteiger partial charge in [-0.25, -0.2) is 0 Å². The van der Waals surface area contributed by atoms with E-state index in [1.165, 1.54) is 21.4 Å². The molecular formula is C11H11Cl3Ti. The van der Waals surface area contributed by atoms with Gasteiger partial charge in [0.1, 0.15) is 0 Å². The van der Waals surface area contributed by atoms with Gasteiger partial charge in [-0.05, 0) is 0 Å². The van der Waals surface area contributed by atoms with Crippen molar-refractivity contribution in [1.82, 2.24) is 0 Å². The summed E-state index contributed by atoms with van der Waals surface area (Å²) in [5.41, 5.74) is 2.93. The molecule has 0 radical (unpaired) electrons. The van der Waals surface area contributed by atoms with E-state index in [-0.39, 0.29) is 37.2 Å². The Morgan fingerprint density at radius 1 is 1.13 bits per heavy atom. The van der Waals surface area contributed by atoms with Gasteiger partial charge in [0.05, 0.1) is 0 Å². The van der Waals surface area contributed by atoms with Crippen molar-refractivity contribution in [1.29, 1.82) is 0 Å². The fraction of sp³-hybridized carbons (Fsp3) is 0.273. The minimum absolute atomic E-state index is 0. The number of fused-ring (bicyclic) bond motifs is 1. The van der Waals surface area contributed by atoms with E-state index in [0.717, 1.165) is 0 Å². The van der Waals surface area contributed by atoms with E-state index in [1.807, 2.05) is 0 Å². The number of hydrogen-bond acceptors (Lipinski definition) is 0. The molecule has 0 bridgehead atoms. The van der Waals surface area contributed by atoms with Crippen molar-refractivity contribution in [3.8, 4) is 0 Å². The monoisotopic (exact) mass is 296 g/mol. The van der Waals surface area contributed by atoms with Crippen LogP contribution in [0.25, 0.3) is 6.08 Å². The molecule has 1 aromatic carbocycles. The number of benzene rings is 1. The maximum atomic E-state index is 2.31. The Hall–Kier alpha value is 0.544. The van der Waals surface area contributed by atoms with E-state index in [1.54, 1.807) is 0 Å². The topological polar surface area (TPSA) is 0 Å². The Kier molecular flexibility index (Phi) is 9.27. The first kappa shape index (κ1) is 17.9. The molecule has 0 spiro atoms. The maximum absolute atomic E-state index is 2.31. The first-order chi connectivity index (χ1) is 5.83. The van der Waals surface area contributed by atoms with Gasteiger partial charge < -0.3 is 37.2 Å². The van der Waals surface area contributed by atoms with E-state index in [2.05, 4.69) is 57.7 Å². The molecule has 0 nitrogen and oxygen atoms in total. The maximum Gasteiger partial charge on any atom is -1.00 e. The summed E-state index contributed by atoms with van der Waals surface area (Å²) in [5, 5.41) is 0. The van der Waals surface area contributed by atoms with Crippen LogP contribution in [0.5, 0.6) is 0 Å². The fourth-order valence-electron chi connectivity index (χ4n) is 1.84. The van der Waals surface area contributed by atoms with Crippen LogP contribution < -0.4 is 37.2 Å². The van der Waals surface area contributed by atoms with E-state index >= 15 is 0 Å². The molecule has 1 atom stereocenters. The van der Waals surface area contributed by atoms with Gasteiger partial charge in [0, 0.05) is 0 Å². The van der Waals surface area contributed by atoms with Gasteiger partial charge in [0.15, 0.2) is 0 Å². The summed E-state index contributed by atoms with van der Waals surface area (Å²) in [4.78, 5) is 0. The van der Waals surface area contributed by atoms with Crippen molar-refractivity contribution in [3.05, 3.63) is 39.3 Å². The molecule has 15 heavy (non-hydrogen) atoms. The van der Waals surface area contributed by atoms with Gasteiger partial charge in [0.25, 0.3) is 0 Å². The zero-order valence-electron chi connectivity index (χ0n) is 8.31. The van der Waals surface area contributed by atoms with Crippen LogP contribution in [0.4, 0.5) is 0 Å². The summed E-state index contributed by atoms with van der Waals surface area (Å²) in [5.74, 6) is 0.682. The second kappa shape index (κ2) is 7.76. The molecule has 0 fully saturated rings. The Morgan fingerprint density at radius 2 is 1.73 bits per heavy atom. The molecule has 0 saturated heterocycles. The van der Waals surface area contributed by atoms with Crippen LogP contribution in [-0.4, -0.2) is 0 Å². The molecule has 1 aliphatic rings. The first-order valence-electron chi connectivity index (χ1n) is 4.35. The minimum atomic E-state index is 0. The summed E-state index contributed by atoms with van der Waals surface area (Å²) < 4.78 is 1.51. The number of halogens is 3. The molecule has 1 aliphatic carbocycles. The first-order valence-corrected chi connectivity index (χ1v) is 5.13. The molecular weight excluding hydrogens is 286 g/mol. The summed E-state index contributed by atoms with van der Waals surface area (Å²) in [6, 6.07) is 8.69. The third-order valence-electron chi connectivity index (χ3n) is 2.47. The van der Waals surface area contributed by atoms with Gasteiger partial charge in [-0.2, -0.15) is 0 Å². The van der Waals surface area contributed by atoms with Gasteiger partial charge in [-0.15, -0.1) is 0 Å². The van der Waals surface area contributed by atoms with E-state index < -0.39 is 0 Å². The quantitative estimate of drug-likeness (QED) is 0.453. The molecule has 0 amide bonds. The smallest absolute Gasteiger partial charge is 1.00 e. The molecule has 80 valence electrons. The van der Waals surface area contributed by atoms with Gasteiger partial charge >= 0.3 is 85.0 Å². The molecule has 0 aliphatic heterocycles. The SMILES string of the molecule is CCC1[C]([Ti+3])=Cc2ccccc21.[Cl-].[Cl-].[Cl-]. The Labute approximate surface area is 122 Å². The number of rotatable bonds is 1. The second-order valence-corrected chi connectivity index (χ2v) is 4.09. The molecule has 0 saturated carbocycles. The molecule has 1 aromatic rings. The van der Waals surface area contributed by atoms with Crippen molar-refractivity contribution < 1.29 is 57.7 Å². The van der Waals surface area contributed by atoms with Crippen LogP contribution in [0, 0.1) is 0 Å². The van der Waals surface area contributed by atoms with Crippen LogP contribution in [0.1, 0.15) is 30.4 Å².